The molecule has 0 fully saturated rings. The number of aromatic carboxylic acids is 1. The number of halogens is 1. The van der Waals surface area contributed by atoms with Crippen LogP contribution < -0.4 is 4.72 Å². The number of carbonyl (C=O) groups is 1. The van der Waals surface area contributed by atoms with Crippen molar-refractivity contribution in [2.45, 2.75) is 44.0 Å². The van der Waals surface area contributed by atoms with Crippen molar-refractivity contribution in [3.63, 3.8) is 0 Å². The Hall–Kier alpha value is -0.670. The molecule has 0 spiro atoms. The van der Waals surface area contributed by atoms with E-state index in [9.17, 15) is 13.2 Å². The van der Waals surface area contributed by atoms with Crippen LogP contribution in [0.2, 0.25) is 0 Å². The SMILES string of the molecule is CCC(C)(CC)NS(=O)(=O)c1ccc(I)c(C(=O)O)c1. The largest absolute Gasteiger partial charge is 0.478 e. The summed E-state index contributed by atoms with van der Waals surface area (Å²) in [4.78, 5) is 11.1. The third kappa shape index (κ3) is 3.92. The van der Waals surface area contributed by atoms with E-state index < -0.39 is 21.5 Å². The number of benzene rings is 1. The van der Waals surface area contributed by atoms with Crippen molar-refractivity contribution in [3.8, 4) is 0 Å². The summed E-state index contributed by atoms with van der Waals surface area (Å²) in [7, 11) is -3.73. The summed E-state index contributed by atoms with van der Waals surface area (Å²) < 4.78 is 27.8. The Bertz CT molecular complexity index is 609. The number of carboxylic acid groups (broad SMARTS) is 1. The molecule has 0 saturated heterocycles. The lowest BCUT2D eigenvalue weighted by molar-refractivity contribution is 0.0695. The molecule has 1 aromatic rings. The maximum Gasteiger partial charge on any atom is 0.336 e. The quantitative estimate of drug-likeness (QED) is 0.706. The minimum atomic E-state index is -3.73. The molecule has 0 aromatic heterocycles. The highest BCUT2D eigenvalue weighted by atomic mass is 127. The number of hydrogen-bond donors (Lipinski definition) is 2. The second kappa shape index (κ2) is 6.40. The van der Waals surface area contributed by atoms with Gasteiger partial charge in [0.05, 0.1) is 10.5 Å². The number of carboxylic acids is 1. The third-order valence-electron chi connectivity index (χ3n) is 3.42. The number of sulfonamides is 1. The van der Waals surface area contributed by atoms with E-state index in [1.54, 1.807) is 0 Å². The van der Waals surface area contributed by atoms with E-state index in [4.69, 9.17) is 5.11 Å². The van der Waals surface area contributed by atoms with Crippen molar-refractivity contribution in [2.24, 2.45) is 0 Å². The van der Waals surface area contributed by atoms with E-state index in [-0.39, 0.29) is 10.5 Å². The van der Waals surface area contributed by atoms with E-state index in [0.29, 0.717) is 16.4 Å². The Labute approximate surface area is 133 Å². The second-order valence-corrected chi connectivity index (χ2v) is 7.66. The van der Waals surface area contributed by atoms with Crippen LogP contribution in [0.4, 0.5) is 0 Å². The lowest BCUT2D eigenvalue weighted by Gasteiger charge is -2.27. The first-order valence-corrected chi connectivity index (χ1v) is 8.78. The zero-order chi connectivity index (χ0) is 15.6. The van der Waals surface area contributed by atoms with E-state index in [1.165, 1.54) is 18.2 Å². The van der Waals surface area contributed by atoms with Crippen LogP contribution in [0.3, 0.4) is 0 Å². The Morgan fingerprint density at radius 1 is 1.35 bits per heavy atom. The Morgan fingerprint density at radius 3 is 2.35 bits per heavy atom. The van der Waals surface area contributed by atoms with Crippen LogP contribution in [0.15, 0.2) is 23.1 Å². The van der Waals surface area contributed by atoms with Gasteiger partial charge in [0.2, 0.25) is 10.0 Å². The molecule has 0 aliphatic rings. The van der Waals surface area contributed by atoms with E-state index in [2.05, 4.69) is 4.72 Å². The number of nitrogens with one attached hydrogen (secondary N) is 1. The first-order valence-electron chi connectivity index (χ1n) is 6.22. The minimum Gasteiger partial charge on any atom is -0.478 e. The van der Waals surface area contributed by atoms with Crippen LogP contribution >= 0.6 is 22.6 Å². The standard InChI is InChI=1S/C13H18INO4S/c1-4-13(3,5-2)15-20(18,19)9-6-7-11(14)10(8-9)12(16)17/h6-8,15H,4-5H2,1-3H3,(H,16,17). The summed E-state index contributed by atoms with van der Waals surface area (Å²) in [6, 6.07) is 4.11. The van der Waals surface area contributed by atoms with Crippen molar-refractivity contribution >= 4 is 38.6 Å². The maximum absolute atomic E-state index is 12.3. The highest BCUT2D eigenvalue weighted by molar-refractivity contribution is 14.1. The van der Waals surface area contributed by atoms with Gasteiger partial charge in [-0.05, 0) is 60.6 Å². The van der Waals surface area contributed by atoms with Gasteiger partial charge in [-0.1, -0.05) is 13.8 Å². The normalized spacial score (nSPS) is 12.4. The molecule has 0 aliphatic carbocycles. The molecular formula is C13H18INO4S. The molecule has 5 nitrogen and oxygen atoms in total. The summed E-state index contributed by atoms with van der Waals surface area (Å²) >= 11 is 1.87. The molecule has 0 radical (unpaired) electrons. The molecule has 7 heteroatoms. The molecule has 2 N–H and O–H groups in total. The van der Waals surface area contributed by atoms with Crippen LogP contribution in [-0.2, 0) is 10.0 Å². The predicted octanol–water partition coefficient (Wildman–Crippen LogP) is 2.85. The Balaban J connectivity index is 3.23. The number of hydrogen-bond acceptors (Lipinski definition) is 3. The molecule has 0 heterocycles. The van der Waals surface area contributed by atoms with Gasteiger partial charge in [0.1, 0.15) is 0 Å². The molecule has 1 aromatic carbocycles. The lowest BCUT2D eigenvalue weighted by Crippen LogP contribution is -2.44. The molecule has 0 atom stereocenters. The topological polar surface area (TPSA) is 83.5 Å². The summed E-state index contributed by atoms with van der Waals surface area (Å²) in [5.74, 6) is -1.14. The zero-order valence-electron chi connectivity index (χ0n) is 11.6. The van der Waals surface area contributed by atoms with Crippen molar-refractivity contribution in [1.29, 1.82) is 0 Å². The van der Waals surface area contributed by atoms with Gasteiger partial charge in [0.25, 0.3) is 0 Å². The number of rotatable bonds is 6. The maximum atomic E-state index is 12.3. The highest BCUT2D eigenvalue weighted by Gasteiger charge is 2.28. The van der Waals surface area contributed by atoms with Gasteiger partial charge in [0, 0.05) is 9.11 Å². The van der Waals surface area contributed by atoms with E-state index >= 15 is 0 Å². The molecular weight excluding hydrogens is 393 g/mol. The van der Waals surface area contributed by atoms with Crippen LogP contribution in [0, 0.1) is 3.57 Å². The summed E-state index contributed by atoms with van der Waals surface area (Å²) in [6.07, 6.45) is 1.30. The van der Waals surface area contributed by atoms with Crippen LogP contribution in [0.1, 0.15) is 44.0 Å². The molecule has 112 valence electrons. The van der Waals surface area contributed by atoms with Crippen molar-refractivity contribution < 1.29 is 18.3 Å². The van der Waals surface area contributed by atoms with Crippen molar-refractivity contribution in [3.05, 3.63) is 27.3 Å². The van der Waals surface area contributed by atoms with Gasteiger partial charge in [-0.3, -0.25) is 0 Å². The van der Waals surface area contributed by atoms with Crippen LogP contribution in [0.5, 0.6) is 0 Å². The fourth-order valence-electron chi connectivity index (χ4n) is 1.61. The molecule has 0 unspecified atom stereocenters. The second-order valence-electron chi connectivity index (χ2n) is 4.82. The van der Waals surface area contributed by atoms with Crippen molar-refractivity contribution in [1.82, 2.24) is 4.72 Å². The Kier molecular flexibility index (Phi) is 5.56. The lowest BCUT2D eigenvalue weighted by atomic mass is 9.98. The molecule has 0 aliphatic heterocycles. The molecule has 20 heavy (non-hydrogen) atoms. The van der Waals surface area contributed by atoms with Gasteiger partial charge in [-0.2, -0.15) is 0 Å². The first-order chi connectivity index (χ1) is 9.15. The van der Waals surface area contributed by atoms with Gasteiger partial charge in [-0.15, -0.1) is 0 Å². The summed E-state index contributed by atoms with van der Waals surface area (Å²) in [5.41, 5.74) is -0.547. The van der Waals surface area contributed by atoms with Gasteiger partial charge in [0.15, 0.2) is 0 Å². The van der Waals surface area contributed by atoms with Crippen molar-refractivity contribution in [2.75, 3.05) is 0 Å². The smallest absolute Gasteiger partial charge is 0.336 e. The highest BCUT2D eigenvalue weighted by Crippen LogP contribution is 2.22. The summed E-state index contributed by atoms with van der Waals surface area (Å²) in [6.45, 7) is 5.64. The zero-order valence-corrected chi connectivity index (χ0v) is 14.6. The van der Waals surface area contributed by atoms with E-state index in [0.717, 1.165) is 0 Å². The van der Waals surface area contributed by atoms with Gasteiger partial charge in [-0.25, -0.2) is 17.9 Å². The minimum absolute atomic E-state index is 0.0109. The van der Waals surface area contributed by atoms with E-state index in [1.807, 2.05) is 43.4 Å². The fourth-order valence-corrected chi connectivity index (χ4v) is 3.75. The predicted molar refractivity (Wildman–Crippen MR) is 85.4 cm³/mol. The fraction of sp³-hybridized carbons (Fsp3) is 0.462. The van der Waals surface area contributed by atoms with Crippen LogP contribution in [0.25, 0.3) is 0 Å². The van der Waals surface area contributed by atoms with Crippen LogP contribution in [-0.4, -0.2) is 25.0 Å². The Morgan fingerprint density at radius 2 is 1.90 bits per heavy atom. The van der Waals surface area contributed by atoms with Gasteiger partial charge >= 0.3 is 5.97 Å². The molecule has 1 rings (SSSR count). The average molecular weight is 411 g/mol. The summed E-state index contributed by atoms with van der Waals surface area (Å²) in [5, 5.41) is 9.06. The monoisotopic (exact) mass is 411 g/mol. The van der Waals surface area contributed by atoms with Gasteiger partial charge < -0.3 is 5.11 Å². The first kappa shape index (κ1) is 17.4. The molecule has 0 amide bonds. The third-order valence-corrected chi connectivity index (χ3v) is 6.00. The molecule has 0 saturated carbocycles. The molecule has 0 bridgehead atoms. The average Bonchev–Trinajstić information content (AvgIpc) is 2.38.